The van der Waals surface area contributed by atoms with Gasteiger partial charge in [0.2, 0.25) is 11.3 Å². The van der Waals surface area contributed by atoms with E-state index in [1.54, 1.807) is 6.07 Å². The van der Waals surface area contributed by atoms with Crippen LogP contribution in [-0.2, 0) is 22.3 Å². The van der Waals surface area contributed by atoms with Crippen molar-refractivity contribution in [1.29, 1.82) is 0 Å². The molecule has 0 unspecified atom stereocenters. The Morgan fingerprint density at radius 3 is 2.26 bits per heavy atom. The van der Waals surface area contributed by atoms with E-state index in [2.05, 4.69) is 11.6 Å². The quantitative estimate of drug-likeness (QED) is 0.243. The summed E-state index contributed by atoms with van der Waals surface area (Å²) in [4.78, 5) is 37.6. The molecule has 0 aliphatic rings. The highest BCUT2D eigenvalue weighted by Gasteiger charge is 2.61. The van der Waals surface area contributed by atoms with Crippen LogP contribution in [0.15, 0.2) is 55.3 Å². The zero-order valence-electron chi connectivity index (χ0n) is 17.4. The molecule has 1 atom stereocenters. The highest BCUT2D eigenvalue weighted by atomic mass is 19.4. The summed E-state index contributed by atoms with van der Waals surface area (Å²) >= 11 is 0. The number of carbonyl (C=O) groups excluding carboxylic acids is 2. The molecule has 0 fully saturated rings. The lowest BCUT2D eigenvalue weighted by Crippen LogP contribution is -2.61. The molecule has 0 bridgehead atoms. The largest absolute Gasteiger partial charge is 0.427 e. The van der Waals surface area contributed by atoms with Gasteiger partial charge in [0.15, 0.2) is 0 Å². The van der Waals surface area contributed by atoms with E-state index in [0.29, 0.717) is 0 Å². The molecule has 0 saturated heterocycles. The molecule has 1 aromatic heterocycles. The number of pyridine rings is 1. The van der Waals surface area contributed by atoms with E-state index >= 15 is 0 Å². The van der Waals surface area contributed by atoms with Crippen LogP contribution >= 0.6 is 0 Å². The topological polar surface area (TPSA) is 123 Å². The predicted molar refractivity (Wildman–Crippen MR) is 106 cm³/mol. The molecule has 0 aliphatic heterocycles. The molecule has 9 nitrogen and oxygen atoms in total. The van der Waals surface area contributed by atoms with Crippen LogP contribution in [0, 0.1) is 10.1 Å². The number of amides is 2. The minimum atomic E-state index is -5.32. The molecular weight excluding hydrogens is 490 g/mol. The zero-order chi connectivity index (χ0) is 26.4. The van der Waals surface area contributed by atoms with E-state index in [9.17, 15) is 46.0 Å². The number of aromatic nitrogens is 1. The summed E-state index contributed by atoms with van der Waals surface area (Å²) in [6, 6.07) is 7.52. The third-order valence-corrected chi connectivity index (χ3v) is 4.48. The highest BCUT2D eigenvalue weighted by Crippen LogP contribution is 2.38. The average molecular weight is 506 g/mol. The number of rotatable bonds is 8. The Balaban J connectivity index is 2.29. The number of alkyl halides is 6. The normalized spacial score (nSPS) is 13.4. The van der Waals surface area contributed by atoms with E-state index < -0.39 is 64.7 Å². The van der Waals surface area contributed by atoms with Gasteiger partial charge in [-0.3, -0.25) is 30.6 Å². The smallest absolute Gasteiger partial charge is 0.352 e. The van der Waals surface area contributed by atoms with Gasteiger partial charge in [0.1, 0.15) is 0 Å². The van der Waals surface area contributed by atoms with Crippen LogP contribution in [0.4, 0.5) is 32.0 Å². The predicted octanol–water partition coefficient (Wildman–Crippen LogP) is 3.86. The van der Waals surface area contributed by atoms with Crippen molar-refractivity contribution in [3.8, 4) is 0 Å². The lowest BCUT2D eigenvalue weighted by Gasteiger charge is -2.33. The molecule has 0 spiro atoms. The molecule has 2 rings (SSSR count). The lowest BCUT2D eigenvalue weighted by atomic mass is 9.97. The summed E-state index contributed by atoms with van der Waals surface area (Å²) < 4.78 is 85.1. The van der Waals surface area contributed by atoms with E-state index in [1.165, 1.54) is 35.1 Å². The first-order valence-corrected chi connectivity index (χ1v) is 9.41. The van der Waals surface area contributed by atoms with Crippen LogP contribution in [0.2, 0.25) is 0 Å². The maximum absolute atomic E-state index is 13.9. The average Bonchev–Trinajstić information content (AvgIpc) is 2.78. The van der Waals surface area contributed by atoms with Crippen molar-refractivity contribution in [2.24, 2.45) is 0 Å². The van der Waals surface area contributed by atoms with Gasteiger partial charge in [0.05, 0.1) is 17.1 Å². The Labute approximate surface area is 192 Å². The second-order valence-electron chi connectivity index (χ2n) is 6.85. The molecule has 1 heterocycles. The van der Waals surface area contributed by atoms with Crippen LogP contribution in [0.3, 0.4) is 0 Å². The third-order valence-electron chi connectivity index (χ3n) is 4.48. The van der Waals surface area contributed by atoms with Gasteiger partial charge in [0, 0.05) is 18.7 Å². The zero-order valence-corrected chi connectivity index (χ0v) is 17.4. The van der Waals surface area contributed by atoms with Crippen LogP contribution in [0.5, 0.6) is 0 Å². The fourth-order valence-corrected chi connectivity index (χ4v) is 2.72. The van der Waals surface area contributed by atoms with Gasteiger partial charge in [-0.25, -0.2) is 4.98 Å². The summed E-state index contributed by atoms with van der Waals surface area (Å²) in [5, 5.41) is 11.1. The number of nitrogens with zero attached hydrogens (tertiary/aromatic N) is 2. The molecule has 0 aliphatic carbocycles. The molecule has 0 saturated carbocycles. The van der Waals surface area contributed by atoms with Crippen LogP contribution in [-0.4, -0.2) is 33.5 Å². The van der Waals surface area contributed by atoms with Gasteiger partial charge in [-0.15, -0.1) is 6.58 Å². The van der Waals surface area contributed by atoms with E-state index in [-0.39, 0.29) is 17.8 Å². The van der Waals surface area contributed by atoms with Gasteiger partial charge >= 0.3 is 18.0 Å². The second-order valence-corrected chi connectivity index (χ2v) is 6.85. The monoisotopic (exact) mass is 506 g/mol. The van der Waals surface area contributed by atoms with E-state index in [4.69, 9.17) is 4.74 Å². The van der Waals surface area contributed by atoms with Gasteiger partial charge in [-0.1, -0.05) is 36.4 Å². The number of hydrogen-bond donors (Lipinski definition) is 2. The lowest BCUT2D eigenvalue weighted by molar-refractivity contribution is -0.385. The van der Waals surface area contributed by atoms with Crippen LogP contribution < -0.4 is 10.9 Å². The Hall–Kier alpha value is -4.01. The fourth-order valence-electron chi connectivity index (χ4n) is 2.72. The first kappa shape index (κ1) is 27.2. The van der Waals surface area contributed by atoms with E-state index in [0.717, 1.165) is 6.08 Å². The molecule has 35 heavy (non-hydrogen) atoms. The SMILES string of the molecule is C=CC[C@@](OCc1ccccc1)(C(=O)NNC(=O)c1ncc(C(F)(F)F)cc1[N+](=O)[O-])C(F)(F)F. The standard InChI is InChI=1S/C20H16F6N4O5/c1-2-8-18(20(24,25)26,35-11-12-6-4-3-5-7-12)17(32)29-28-16(31)15-14(30(33)34)9-13(10-27-15)19(21,22)23/h2-7,9-10H,1,8,11H2,(H,28,31)(H,29,32)/t18-/m1/s1. The van der Waals surface area contributed by atoms with Crippen molar-refractivity contribution in [1.82, 2.24) is 15.8 Å². The summed E-state index contributed by atoms with van der Waals surface area (Å²) in [7, 11) is 0. The Kier molecular flexibility index (Phi) is 8.17. The number of carbonyl (C=O) groups is 2. The summed E-state index contributed by atoms with van der Waals surface area (Å²) in [6.07, 6.45) is -10.5. The van der Waals surface area contributed by atoms with E-state index in [1.807, 2.05) is 0 Å². The van der Waals surface area contributed by atoms with Crippen LogP contribution in [0.25, 0.3) is 0 Å². The number of ether oxygens (including phenoxy) is 1. The molecular formula is C20H16F6N4O5. The number of benzene rings is 1. The van der Waals surface area contributed by atoms with Crippen molar-refractivity contribution >= 4 is 17.5 Å². The molecule has 0 radical (unpaired) electrons. The maximum atomic E-state index is 13.9. The minimum absolute atomic E-state index is 0.0183. The molecule has 1 aromatic carbocycles. The first-order valence-electron chi connectivity index (χ1n) is 9.41. The van der Waals surface area contributed by atoms with Gasteiger partial charge in [0.25, 0.3) is 11.8 Å². The van der Waals surface area contributed by atoms with Crippen molar-refractivity contribution in [3.63, 3.8) is 0 Å². The summed E-state index contributed by atoms with van der Waals surface area (Å²) in [5.41, 5.74) is -4.43. The third kappa shape index (κ3) is 6.32. The molecule has 2 aromatic rings. The second kappa shape index (κ2) is 10.5. The van der Waals surface area contributed by atoms with Crippen molar-refractivity contribution < 1.29 is 45.6 Å². The van der Waals surface area contributed by atoms with Crippen LogP contribution in [0.1, 0.15) is 28.0 Å². The van der Waals surface area contributed by atoms with Crippen molar-refractivity contribution in [2.45, 2.75) is 31.0 Å². The van der Waals surface area contributed by atoms with Crippen molar-refractivity contribution in [3.05, 3.63) is 82.2 Å². The Bertz CT molecular complexity index is 1110. The van der Waals surface area contributed by atoms with Gasteiger partial charge in [-0.05, 0) is 5.56 Å². The van der Waals surface area contributed by atoms with Crippen molar-refractivity contribution in [2.75, 3.05) is 0 Å². The number of halogens is 6. The molecule has 15 heteroatoms. The fraction of sp³-hybridized carbons (Fsp3) is 0.250. The summed E-state index contributed by atoms with van der Waals surface area (Å²) in [5.74, 6) is -3.56. The number of nitrogens with one attached hydrogen (secondary N) is 2. The number of hydrazine groups is 1. The summed E-state index contributed by atoms with van der Waals surface area (Å²) in [6.45, 7) is 2.51. The Morgan fingerprint density at radius 2 is 1.74 bits per heavy atom. The molecule has 2 amide bonds. The number of nitro groups is 1. The number of hydrogen-bond acceptors (Lipinski definition) is 6. The van der Waals surface area contributed by atoms with Gasteiger partial charge in [-0.2, -0.15) is 26.3 Å². The maximum Gasteiger partial charge on any atom is 0.427 e. The Morgan fingerprint density at radius 1 is 1.11 bits per heavy atom. The van der Waals surface area contributed by atoms with Gasteiger partial charge < -0.3 is 4.74 Å². The first-order chi connectivity index (χ1) is 16.2. The highest BCUT2D eigenvalue weighted by molar-refractivity contribution is 5.98. The molecule has 188 valence electrons. The molecule has 2 N–H and O–H groups in total. The minimum Gasteiger partial charge on any atom is -0.352 e.